The van der Waals surface area contributed by atoms with Gasteiger partial charge in [0.15, 0.2) is 0 Å². The van der Waals surface area contributed by atoms with Crippen LogP contribution in [0, 0.1) is 12.8 Å². The van der Waals surface area contributed by atoms with Crippen molar-refractivity contribution in [2.75, 3.05) is 39.9 Å². The first kappa shape index (κ1) is 14.4. The van der Waals surface area contributed by atoms with Gasteiger partial charge in [0, 0.05) is 26.7 Å². The minimum absolute atomic E-state index is 0.714. The average molecular weight is 268 g/mol. The standard InChI is InChI=1S/C13H24N4O2/c1-11-13(16-19-15-11)10-17-6-3-4-12(9-17)8-14-5-7-18-2/h12,14H,3-10H2,1-2H3. The monoisotopic (exact) mass is 268 g/mol. The number of aromatic nitrogens is 2. The number of nitrogens with one attached hydrogen (secondary N) is 1. The summed E-state index contributed by atoms with van der Waals surface area (Å²) in [6.45, 7) is 7.83. The van der Waals surface area contributed by atoms with Crippen LogP contribution in [0.3, 0.4) is 0 Å². The smallest absolute Gasteiger partial charge is 0.122 e. The third-order valence-corrected chi connectivity index (χ3v) is 3.64. The number of hydrogen-bond donors (Lipinski definition) is 1. The van der Waals surface area contributed by atoms with Crippen molar-refractivity contribution >= 4 is 0 Å². The van der Waals surface area contributed by atoms with E-state index >= 15 is 0 Å². The molecule has 2 heterocycles. The summed E-state index contributed by atoms with van der Waals surface area (Å²) in [5, 5.41) is 11.2. The van der Waals surface area contributed by atoms with Crippen LogP contribution < -0.4 is 5.32 Å². The van der Waals surface area contributed by atoms with Gasteiger partial charge in [-0.2, -0.15) is 0 Å². The van der Waals surface area contributed by atoms with E-state index < -0.39 is 0 Å². The van der Waals surface area contributed by atoms with Crippen LogP contribution in [0.2, 0.25) is 0 Å². The van der Waals surface area contributed by atoms with Crippen molar-refractivity contribution in [1.29, 1.82) is 0 Å². The summed E-state index contributed by atoms with van der Waals surface area (Å²) in [5.41, 5.74) is 1.87. The molecule has 1 fully saturated rings. The number of piperidine rings is 1. The zero-order valence-corrected chi connectivity index (χ0v) is 11.9. The van der Waals surface area contributed by atoms with Gasteiger partial charge in [-0.3, -0.25) is 4.90 Å². The normalized spacial score (nSPS) is 20.8. The van der Waals surface area contributed by atoms with Gasteiger partial charge in [-0.25, -0.2) is 4.63 Å². The van der Waals surface area contributed by atoms with Crippen molar-refractivity contribution in [2.45, 2.75) is 26.3 Å². The molecule has 0 bridgehead atoms. The molecule has 19 heavy (non-hydrogen) atoms. The Morgan fingerprint density at radius 3 is 3.11 bits per heavy atom. The van der Waals surface area contributed by atoms with Crippen LogP contribution >= 0.6 is 0 Å². The summed E-state index contributed by atoms with van der Waals surface area (Å²) in [4.78, 5) is 2.44. The Morgan fingerprint density at radius 2 is 2.37 bits per heavy atom. The van der Waals surface area contributed by atoms with Gasteiger partial charge in [-0.05, 0) is 38.8 Å². The van der Waals surface area contributed by atoms with Gasteiger partial charge in [-0.1, -0.05) is 10.3 Å². The Morgan fingerprint density at radius 1 is 1.47 bits per heavy atom. The lowest BCUT2D eigenvalue weighted by molar-refractivity contribution is 0.155. The topological polar surface area (TPSA) is 63.4 Å². The third kappa shape index (κ3) is 4.56. The highest BCUT2D eigenvalue weighted by atomic mass is 16.6. The number of rotatable bonds is 7. The SMILES string of the molecule is COCCNCC1CCCN(Cc2nonc2C)C1. The third-order valence-electron chi connectivity index (χ3n) is 3.64. The summed E-state index contributed by atoms with van der Waals surface area (Å²) in [6, 6.07) is 0. The van der Waals surface area contributed by atoms with Crippen molar-refractivity contribution in [1.82, 2.24) is 20.5 Å². The van der Waals surface area contributed by atoms with E-state index in [0.29, 0.717) is 5.92 Å². The van der Waals surface area contributed by atoms with Gasteiger partial charge >= 0.3 is 0 Å². The first-order valence-corrected chi connectivity index (χ1v) is 6.99. The molecule has 0 amide bonds. The Bertz CT molecular complexity index is 369. The molecule has 0 aromatic carbocycles. The molecule has 1 unspecified atom stereocenters. The Labute approximate surface area is 114 Å². The molecule has 1 aliphatic heterocycles. The summed E-state index contributed by atoms with van der Waals surface area (Å²) in [7, 11) is 1.73. The summed E-state index contributed by atoms with van der Waals surface area (Å²) < 4.78 is 9.79. The Balaban J connectivity index is 1.72. The second kappa shape index (κ2) is 7.57. The van der Waals surface area contributed by atoms with Gasteiger partial charge < -0.3 is 10.1 Å². The van der Waals surface area contributed by atoms with E-state index in [-0.39, 0.29) is 0 Å². The summed E-state index contributed by atoms with van der Waals surface area (Å²) in [6.07, 6.45) is 2.55. The molecule has 2 rings (SSSR count). The van der Waals surface area contributed by atoms with E-state index in [4.69, 9.17) is 9.37 Å². The van der Waals surface area contributed by atoms with Crippen molar-refractivity contribution in [3.63, 3.8) is 0 Å². The maximum Gasteiger partial charge on any atom is 0.122 e. The lowest BCUT2D eigenvalue weighted by atomic mass is 9.98. The predicted octanol–water partition coefficient (Wildman–Crippen LogP) is 0.826. The molecular formula is C13H24N4O2. The molecule has 1 atom stereocenters. The van der Waals surface area contributed by atoms with Gasteiger partial charge in [0.25, 0.3) is 0 Å². The Kier molecular flexibility index (Phi) is 5.75. The molecule has 0 aliphatic carbocycles. The van der Waals surface area contributed by atoms with E-state index in [2.05, 4.69) is 20.5 Å². The van der Waals surface area contributed by atoms with Crippen LogP contribution in [0.25, 0.3) is 0 Å². The average Bonchev–Trinajstić information content (AvgIpc) is 2.81. The van der Waals surface area contributed by atoms with Crippen molar-refractivity contribution < 1.29 is 9.37 Å². The maximum absolute atomic E-state index is 5.04. The number of ether oxygens (including phenoxy) is 1. The first-order valence-electron chi connectivity index (χ1n) is 6.99. The zero-order chi connectivity index (χ0) is 13.5. The second-order valence-electron chi connectivity index (χ2n) is 5.24. The fourth-order valence-electron chi connectivity index (χ4n) is 2.55. The number of nitrogens with zero attached hydrogens (tertiary/aromatic N) is 3. The lowest BCUT2D eigenvalue weighted by Crippen LogP contribution is -2.39. The summed E-state index contributed by atoms with van der Waals surface area (Å²) >= 11 is 0. The quantitative estimate of drug-likeness (QED) is 0.739. The van der Waals surface area contributed by atoms with E-state index in [0.717, 1.165) is 50.7 Å². The van der Waals surface area contributed by atoms with Gasteiger partial charge in [0.1, 0.15) is 11.4 Å². The first-order chi connectivity index (χ1) is 9.29. The molecule has 108 valence electrons. The molecule has 1 aromatic rings. The second-order valence-corrected chi connectivity index (χ2v) is 5.24. The highest BCUT2D eigenvalue weighted by Gasteiger charge is 2.21. The molecule has 0 radical (unpaired) electrons. The number of hydrogen-bond acceptors (Lipinski definition) is 6. The summed E-state index contributed by atoms with van der Waals surface area (Å²) in [5.74, 6) is 0.714. The highest BCUT2D eigenvalue weighted by molar-refractivity contribution is 5.04. The van der Waals surface area contributed by atoms with E-state index in [9.17, 15) is 0 Å². The number of methoxy groups -OCH3 is 1. The van der Waals surface area contributed by atoms with Crippen LogP contribution in [0.5, 0.6) is 0 Å². The van der Waals surface area contributed by atoms with E-state index in [1.54, 1.807) is 7.11 Å². The highest BCUT2D eigenvalue weighted by Crippen LogP contribution is 2.18. The minimum atomic E-state index is 0.714. The molecule has 6 heteroatoms. The fraction of sp³-hybridized carbons (Fsp3) is 0.846. The molecule has 0 saturated carbocycles. The van der Waals surface area contributed by atoms with E-state index in [1.165, 1.54) is 12.8 Å². The zero-order valence-electron chi connectivity index (χ0n) is 11.9. The molecular weight excluding hydrogens is 244 g/mol. The van der Waals surface area contributed by atoms with Gasteiger partial charge in [0.2, 0.25) is 0 Å². The van der Waals surface area contributed by atoms with Crippen LogP contribution in [0.4, 0.5) is 0 Å². The van der Waals surface area contributed by atoms with Crippen molar-refractivity contribution in [3.8, 4) is 0 Å². The van der Waals surface area contributed by atoms with Crippen molar-refractivity contribution in [3.05, 3.63) is 11.4 Å². The van der Waals surface area contributed by atoms with Crippen molar-refractivity contribution in [2.24, 2.45) is 5.92 Å². The van der Waals surface area contributed by atoms with Gasteiger partial charge in [0.05, 0.1) is 6.61 Å². The predicted molar refractivity (Wildman–Crippen MR) is 71.8 cm³/mol. The molecule has 1 aliphatic rings. The fourth-order valence-corrected chi connectivity index (χ4v) is 2.55. The number of likely N-dealkylation sites (tertiary alicyclic amines) is 1. The van der Waals surface area contributed by atoms with Crippen LogP contribution in [-0.4, -0.2) is 55.1 Å². The minimum Gasteiger partial charge on any atom is -0.383 e. The largest absolute Gasteiger partial charge is 0.383 e. The molecule has 1 aromatic heterocycles. The maximum atomic E-state index is 5.04. The molecule has 1 saturated heterocycles. The lowest BCUT2D eigenvalue weighted by Gasteiger charge is -2.32. The van der Waals surface area contributed by atoms with Crippen LogP contribution in [0.15, 0.2) is 4.63 Å². The molecule has 6 nitrogen and oxygen atoms in total. The molecule has 0 spiro atoms. The van der Waals surface area contributed by atoms with Crippen LogP contribution in [-0.2, 0) is 11.3 Å². The Hall–Kier alpha value is -0.980. The van der Waals surface area contributed by atoms with Crippen LogP contribution in [0.1, 0.15) is 24.2 Å². The van der Waals surface area contributed by atoms with Gasteiger partial charge in [-0.15, -0.1) is 0 Å². The number of aryl methyl sites for hydroxylation is 1. The van der Waals surface area contributed by atoms with E-state index in [1.807, 2.05) is 6.92 Å². The molecule has 1 N–H and O–H groups in total.